The number of nitrogens with one attached hydrogen (secondary N) is 1. The number of rotatable bonds is 2. The molecule has 2 rings (SSSR count). The minimum absolute atomic E-state index is 0.0712. The molecule has 1 aliphatic heterocycles. The lowest BCUT2D eigenvalue weighted by molar-refractivity contribution is 0.557. The minimum atomic E-state index is -3.36. The molecule has 1 atom stereocenters. The van der Waals surface area contributed by atoms with Crippen molar-refractivity contribution in [2.24, 2.45) is 0 Å². The van der Waals surface area contributed by atoms with Gasteiger partial charge in [-0.05, 0) is 18.2 Å². The fourth-order valence-electron chi connectivity index (χ4n) is 1.98. The smallest absolute Gasteiger partial charge is 0.177 e. The lowest BCUT2D eigenvalue weighted by Gasteiger charge is -2.33. The van der Waals surface area contributed by atoms with Gasteiger partial charge in [-0.15, -0.1) is 0 Å². The number of sulfone groups is 1. The van der Waals surface area contributed by atoms with Crippen LogP contribution in [0.25, 0.3) is 0 Å². The van der Waals surface area contributed by atoms with Gasteiger partial charge in [0.05, 0.1) is 15.5 Å². The maximum absolute atomic E-state index is 13.3. The summed E-state index contributed by atoms with van der Waals surface area (Å²) >= 11 is 3.42. The molecule has 1 aromatic carbocycles. The molecule has 7 heteroatoms. The van der Waals surface area contributed by atoms with Crippen LogP contribution < -0.4 is 10.2 Å². The molecule has 1 N–H and O–H groups in total. The van der Waals surface area contributed by atoms with Crippen molar-refractivity contribution in [3.63, 3.8) is 0 Å². The highest BCUT2D eigenvalue weighted by molar-refractivity contribution is 9.09. The van der Waals surface area contributed by atoms with Crippen LogP contribution >= 0.6 is 15.9 Å². The highest BCUT2D eigenvalue weighted by Gasteiger charge is 2.23. The predicted molar refractivity (Wildman–Crippen MR) is 72.4 cm³/mol. The van der Waals surface area contributed by atoms with Gasteiger partial charge in [0, 0.05) is 25.9 Å². The van der Waals surface area contributed by atoms with Crippen molar-refractivity contribution >= 4 is 31.5 Å². The Morgan fingerprint density at radius 3 is 2.83 bits per heavy atom. The van der Waals surface area contributed by atoms with Gasteiger partial charge in [-0.3, -0.25) is 0 Å². The number of alkyl halides is 1. The number of benzene rings is 1. The zero-order chi connectivity index (χ0) is 13.3. The van der Waals surface area contributed by atoms with Gasteiger partial charge in [0.1, 0.15) is 5.82 Å². The lowest BCUT2D eigenvalue weighted by Crippen LogP contribution is -2.48. The Morgan fingerprint density at radius 1 is 1.50 bits per heavy atom. The van der Waals surface area contributed by atoms with Gasteiger partial charge in [-0.1, -0.05) is 15.9 Å². The van der Waals surface area contributed by atoms with Gasteiger partial charge in [-0.2, -0.15) is 0 Å². The van der Waals surface area contributed by atoms with Crippen molar-refractivity contribution in [3.8, 4) is 0 Å². The molecule has 0 spiro atoms. The van der Waals surface area contributed by atoms with Crippen LogP contribution in [-0.4, -0.2) is 39.3 Å². The second kappa shape index (κ2) is 5.14. The van der Waals surface area contributed by atoms with E-state index in [1.165, 1.54) is 18.2 Å². The maximum Gasteiger partial charge on any atom is 0.177 e. The van der Waals surface area contributed by atoms with E-state index in [1.54, 1.807) is 0 Å². The van der Waals surface area contributed by atoms with Crippen molar-refractivity contribution in [1.29, 1.82) is 0 Å². The first-order valence-corrected chi connectivity index (χ1v) is 8.30. The normalized spacial score (nSPS) is 21.1. The van der Waals surface area contributed by atoms with Crippen molar-refractivity contribution in [3.05, 3.63) is 24.0 Å². The monoisotopic (exact) mass is 336 g/mol. The van der Waals surface area contributed by atoms with E-state index < -0.39 is 15.7 Å². The summed E-state index contributed by atoms with van der Waals surface area (Å²) in [7, 11) is -3.36. The van der Waals surface area contributed by atoms with Gasteiger partial charge in [0.2, 0.25) is 0 Å². The SMILES string of the molecule is CS(=O)(=O)c1ccc(F)cc1N1CCNC(Br)C1. The molecular formula is C11H14BrFN2O2S. The van der Waals surface area contributed by atoms with Gasteiger partial charge >= 0.3 is 0 Å². The van der Waals surface area contributed by atoms with Crippen LogP contribution in [0.3, 0.4) is 0 Å². The van der Waals surface area contributed by atoms with E-state index in [0.717, 1.165) is 12.8 Å². The van der Waals surface area contributed by atoms with Crippen LogP contribution in [-0.2, 0) is 9.84 Å². The number of hydrogen-bond donors (Lipinski definition) is 1. The number of hydrogen-bond acceptors (Lipinski definition) is 4. The van der Waals surface area contributed by atoms with E-state index in [0.29, 0.717) is 18.8 Å². The van der Waals surface area contributed by atoms with Gasteiger partial charge in [0.15, 0.2) is 9.84 Å². The minimum Gasteiger partial charge on any atom is -0.367 e. The highest BCUT2D eigenvalue weighted by Crippen LogP contribution is 2.27. The number of nitrogens with zero attached hydrogens (tertiary/aromatic N) is 1. The second-order valence-corrected chi connectivity index (χ2v) is 7.34. The molecule has 100 valence electrons. The van der Waals surface area contributed by atoms with E-state index >= 15 is 0 Å². The van der Waals surface area contributed by atoms with Crippen LogP contribution in [0.4, 0.5) is 10.1 Å². The summed E-state index contributed by atoms with van der Waals surface area (Å²) in [5.74, 6) is -0.429. The Kier molecular flexibility index (Phi) is 3.93. The Hall–Kier alpha value is -0.660. The first kappa shape index (κ1) is 13.8. The van der Waals surface area contributed by atoms with E-state index in [4.69, 9.17) is 0 Å². The largest absolute Gasteiger partial charge is 0.367 e. The van der Waals surface area contributed by atoms with Crippen LogP contribution in [0.1, 0.15) is 0 Å². The summed E-state index contributed by atoms with van der Waals surface area (Å²) in [6, 6.07) is 3.78. The summed E-state index contributed by atoms with van der Waals surface area (Å²) in [5, 5.41) is 3.19. The Labute approximate surface area is 114 Å². The molecule has 1 unspecified atom stereocenters. The fraction of sp³-hybridized carbons (Fsp3) is 0.455. The third kappa shape index (κ3) is 3.02. The molecule has 0 bridgehead atoms. The van der Waals surface area contributed by atoms with E-state index in [9.17, 15) is 12.8 Å². The molecule has 1 fully saturated rings. The van der Waals surface area contributed by atoms with Crippen LogP contribution in [0.15, 0.2) is 23.1 Å². The lowest BCUT2D eigenvalue weighted by atomic mass is 10.2. The molecule has 0 aliphatic carbocycles. The molecular weight excluding hydrogens is 323 g/mol. The summed E-state index contributed by atoms with van der Waals surface area (Å²) in [6.45, 7) is 1.95. The standard InChI is InChI=1S/C11H14BrFN2O2S/c1-18(16,17)10-3-2-8(13)6-9(10)15-5-4-14-11(12)7-15/h2-3,6,11,14H,4-5,7H2,1H3. The zero-order valence-corrected chi connectivity index (χ0v) is 12.3. The zero-order valence-electron chi connectivity index (χ0n) is 9.86. The van der Waals surface area contributed by atoms with Crippen LogP contribution in [0, 0.1) is 5.82 Å². The van der Waals surface area contributed by atoms with E-state index in [1.807, 2.05) is 4.90 Å². The third-order valence-electron chi connectivity index (χ3n) is 2.79. The molecule has 0 saturated carbocycles. The van der Waals surface area contributed by atoms with Gasteiger partial charge in [0.25, 0.3) is 0 Å². The average molecular weight is 337 g/mol. The molecule has 0 radical (unpaired) electrons. The average Bonchev–Trinajstić information content (AvgIpc) is 2.27. The molecule has 0 aromatic heterocycles. The van der Waals surface area contributed by atoms with E-state index in [2.05, 4.69) is 21.2 Å². The van der Waals surface area contributed by atoms with Crippen molar-refractivity contribution in [2.45, 2.75) is 9.85 Å². The summed E-state index contributed by atoms with van der Waals surface area (Å²) in [6.07, 6.45) is 1.14. The van der Waals surface area contributed by atoms with E-state index in [-0.39, 0.29) is 9.85 Å². The fourth-order valence-corrected chi connectivity index (χ4v) is 3.44. The molecule has 18 heavy (non-hydrogen) atoms. The quantitative estimate of drug-likeness (QED) is 0.503. The number of halogens is 2. The predicted octanol–water partition coefficient (Wildman–Crippen LogP) is 1.36. The topological polar surface area (TPSA) is 49.4 Å². The summed E-state index contributed by atoms with van der Waals surface area (Å²) < 4.78 is 36.8. The molecule has 4 nitrogen and oxygen atoms in total. The Balaban J connectivity index is 2.45. The molecule has 1 aliphatic rings. The molecule has 1 saturated heterocycles. The second-order valence-electron chi connectivity index (χ2n) is 4.25. The van der Waals surface area contributed by atoms with Crippen molar-refractivity contribution < 1.29 is 12.8 Å². The van der Waals surface area contributed by atoms with Crippen molar-refractivity contribution in [1.82, 2.24) is 5.32 Å². The van der Waals surface area contributed by atoms with Crippen LogP contribution in [0.2, 0.25) is 0 Å². The van der Waals surface area contributed by atoms with Gasteiger partial charge in [-0.25, -0.2) is 12.8 Å². The Bertz CT molecular complexity index is 550. The van der Waals surface area contributed by atoms with Crippen LogP contribution in [0.5, 0.6) is 0 Å². The maximum atomic E-state index is 13.3. The summed E-state index contributed by atoms with van der Waals surface area (Å²) in [4.78, 5) is 2.11. The molecule has 0 amide bonds. The number of piperazine rings is 1. The molecule has 1 heterocycles. The Morgan fingerprint density at radius 2 is 2.22 bits per heavy atom. The first-order chi connectivity index (χ1) is 8.38. The number of anilines is 1. The highest BCUT2D eigenvalue weighted by atomic mass is 79.9. The summed E-state index contributed by atoms with van der Waals surface area (Å²) in [5.41, 5.74) is 0.434. The van der Waals surface area contributed by atoms with Gasteiger partial charge < -0.3 is 10.2 Å². The first-order valence-electron chi connectivity index (χ1n) is 5.50. The van der Waals surface area contributed by atoms with Crippen molar-refractivity contribution in [2.75, 3.05) is 30.8 Å². The molecule has 1 aromatic rings. The third-order valence-corrected chi connectivity index (χ3v) is 4.55.